The summed E-state index contributed by atoms with van der Waals surface area (Å²) in [6.07, 6.45) is 1.79. The van der Waals surface area contributed by atoms with E-state index in [0.29, 0.717) is 38.2 Å². The predicted octanol–water partition coefficient (Wildman–Crippen LogP) is 6.46. The largest absolute Gasteiger partial charge is 0.488 e. The highest BCUT2D eigenvalue weighted by molar-refractivity contribution is 8.18. The van der Waals surface area contributed by atoms with Gasteiger partial charge in [-0.1, -0.05) is 71.7 Å². The van der Waals surface area contributed by atoms with Gasteiger partial charge < -0.3 is 10.1 Å². The van der Waals surface area contributed by atoms with Crippen LogP contribution in [-0.2, 0) is 11.4 Å². The Morgan fingerprint density at radius 2 is 1.77 bits per heavy atom. The molecule has 1 saturated heterocycles. The topological polar surface area (TPSA) is 50.7 Å². The Kier molecular flexibility index (Phi) is 6.43. The van der Waals surface area contributed by atoms with Gasteiger partial charge in [0.2, 0.25) is 0 Å². The molecule has 0 aromatic heterocycles. The van der Waals surface area contributed by atoms with Crippen LogP contribution >= 0.6 is 35.0 Å². The fourth-order valence-electron chi connectivity index (χ4n) is 2.77. The predicted molar refractivity (Wildman–Crippen MR) is 124 cm³/mol. The van der Waals surface area contributed by atoms with Crippen molar-refractivity contribution in [1.29, 1.82) is 0 Å². The number of amidine groups is 1. The molecule has 1 N–H and O–H groups in total. The fourth-order valence-corrected chi connectivity index (χ4v) is 3.92. The van der Waals surface area contributed by atoms with E-state index < -0.39 is 0 Å². The number of amides is 1. The highest BCUT2D eigenvalue weighted by atomic mass is 35.5. The number of rotatable bonds is 5. The zero-order chi connectivity index (χ0) is 20.9. The molecule has 1 aliphatic heterocycles. The summed E-state index contributed by atoms with van der Waals surface area (Å²) in [5, 5.41) is 4.18. The Morgan fingerprint density at radius 1 is 1.00 bits per heavy atom. The van der Waals surface area contributed by atoms with E-state index >= 15 is 0 Å². The second-order valence-electron chi connectivity index (χ2n) is 6.39. The number of thioether (sulfide) groups is 1. The van der Waals surface area contributed by atoms with Crippen LogP contribution in [0.5, 0.6) is 5.75 Å². The molecule has 1 heterocycles. The summed E-state index contributed by atoms with van der Waals surface area (Å²) >= 11 is 13.4. The molecule has 1 amide bonds. The molecule has 0 spiro atoms. The van der Waals surface area contributed by atoms with E-state index in [4.69, 9.17) is 27.9 Å². The molecule has 3 aromatic rings. The van der Waals surface area contributed by atoms with Crippen LogP contribution in [0.15, 0.2) is 82.7 Å². The summed E-state index contributed by atoms with van der Waals surface area (Å²) in [6, 6.07) is 22.5. The number of ether oxygens (including phenoxy) is 1. The van der Waals surface area contributed by atoms with Crippen molar-refractivity contribution >= 4 is 57.8 Å². The molecule has 0 bridgehead atoms. The number of nitrogens with zero attached hydrogens (tertiary/aromatic N) is 1. The molecule has 4 nitrogen and oxygen atoms in total. The van der Waals surface area contributed by atoms with Crippen molar-refractivity contribution < 1.29 is 9.53 Å². The van der Waals surface area contributed by atoms with E-state index in [1.165, 1.54) is 11.8 Å². The summed E-state index contributed by atoms with van der Waals surface area (Å²) in [7, 11) is 0. The number of hydrogen-bond acceptors (Lipinski definition) is 4. The van der Waals surface area contributed by atoms with Gasteiger partial charge in [-0.2, -0.15) is 0 Å². The van der Waals surface area contributed by atoms with Crippen LogP contribution in [0.3, 0.4) is 0 Å². The normalized spacial score (nSPS) is 16.1. The second-order valence-corrected chi connectivity index (χ2v) is 8.26. The van der Waals surface area contributed by atoms with Crippen molar-refractivity contribution in [2.45, 2.75) is 6.61 Å². The molecule has 0 saturated carbocycles. The van der Waals surface area contributed by atoms with Crippen molar-refractivity contribution in [2.75, 3.05) is 0 Å². The first kappa shape index (κ1) is 20.5. The van der Waals surface area contributed by atoms with E-state index in [-0.39, 0.29) is 5.91 Å². The first-order valence-electron chi connectivity index (χ1n) is 9.09. The number of halogens is 2. The lowest BCUT2D eigenvalue weighted by Gasteiger charge is -2.09. The summed E-state index contributed by atoms with van der Waals surface area (Å²) in [5.74, 6) is 0.472. The van der Waals surface area contributed by atoms with Gasteiger partial charge in [0.05, 0.1) is 15.6 Å². The number of carbonyl (C=O) groups excluding carboxylic acids is 1. The van der Waals surface area contributed by atoms with Gasteiger partial charge in [0.15, 0.2) is 5.17 Å². The van der Waals surface area contributed by atoms with Crippen molar-refractivity contribution in [3.63, 3.8) is 0 Å². The van der Waals surface area contributed by atoms with Crippen LogP contribution in [0.1, 0.15) is 11.1 Å². The average molecular weight is 455 g/mol. The Hall–Kier alpha value is -2.73. The maximum Gasteiger partial charge on any atom is 0.264 e. The van der Waals surface area contributed by atoms with E-state index in [0.717, 1.165) is 11.1 Å². The zero-order valence-corrected chi connectivity index (χ0v) is 18.0. The SMILES string of the molecule is O=C1NC(=Nc2cc(Cl)ccc2Cl)S/C1=C/c1ccccc1OCc1ccccc1. The molecule has 4 rings (SSSR count). The Morgan fingerprint density at radius 3 is 2.60 bits per heavy atom. The maximum atomic E-state index is 12.4. The standard InChI is InChI=1S/C23H16Cl2N2O2S/c24-17-10-11-18(25)19(13-17)26-23-27-22(28)21(30-23)12-16-8-4-5-9-20(16)29-14-15-6-2-1-3-7-15/h1-13H,14H2,(H,26,27,28)/b21-12+. The first-order valence-corrected chi connectivity index (χ1v) is 10.7. The van der Waals surface area contributed by atoms with Gasteiger partial charge in [-0.25, -0.2) is 4.99 Å². The Bertz CT molecular complexity index is 1150. The van der Waals surface area contributed by atoms with Crippen LogP contribution in [0.2, 0.25) is 10.0 Å². The van der Waals surface area contributed by atoms with Gasteiger partial charge in [-0.3, -0.25) is 4.79 Å². The van der Waals surface area contributed by atoms with Gasteiger partial charge in [-0.15, -0.1) is 0 Å². The highest BCUT2D eigenvalue weighted by Crippen LogP contribution is 2.33. The average Bonchev–Trinajstić information content (AvgIpc) is 3.09. The van der Waals surface area contributed by atoms with Gasteiger partial charge in [0.1, 0.15) is 12.4 Å². The smallest absolute Gasteiger partial charge is 0.264 e. The summed E-state index contributed by atoms with van der Waals surface area (Å²) in [6.45, 7) is 0.445. The minimum atomic E-state index is -0.227. The number of carbonyl (C=O) groups is 1. The molecule has 1 aliphatic rings. The first-order chi connectivity index (χ1) is 14.6. The van der Waals surface area contributed by atoms with E-state index in [9.17, 15) is 4.79 Å². The second kappa shape index (κ2) is 9.39. The van der Waals surface area contributed by atoms with Crippen molar-refractivity contribution in [3.05, 3.63) is 98.9 Å². The van der Waals surface area contributed by atoms with E-state index in [2.05, 4.69) is 10.3 Å². The Labute approximate surface area is 188 Å². The number of para-hydroxylation sites is 1. The third kappa shape index (κ3) is 5.05. The molecule has 30 heavy (non-hydrogen) atoms. The van der Waals surface area contributed by atoms with Crippen LogP contribution in [-0.4, -0.2) is 11.1 Å². The molecular formula is C23H16Cl2N2O2S. The minimum absolute atomic E-state index is 0.227. The molecule has 1 fully saturated rings. The monoisotopic (exact) mass is 454 g/mol. The Balaban J connectivity index is 1.54. The van der Waals surface area contributed by atoms with Crippen LogP contribution in [0, 0.1) is 0 Å². The van der Waals surface area contributed by atoms with Crippen LogP contribution < -0.4 is 10.1 Å². The lowest BCUT2D eigenvalue weighted by molar-refractivity contribution is -0.115. The van der Waals surface area contributed by atoms with Gasteiger partial charge in [0, 0.05) is 10.6 Å². The fraction of sp³-hybridized carbons (Fsp3) is 0.0435. The third-order valence-electron chi connectivity index (χ3n) is 4.22. The number of aliphatic imine (C=N–C) groups is 1. The molecule has 0 aliphatic carbocycles. The van der Waals surface area contributed by atoms with E-state index in [1.807, 2.05) is 54.6 Å². The van der Waals surface area contributed by atoms with Gasteiger partial charge >= 0.3 is 0 Å². The van der Waals surface area contributed by atoms with E-state index in [1.54, 1.807) is 24.3 Å². The number of hydrogen-bond donors (Lipinski definition) is 1. The molecular weight excluding hydrogens is 439 g/mol. The van der Waals surface area contributed by atoms with Crippen molar-refractivity contribution in [2.24, 2.45) is 4.99 Å². The molecule has 3 aromatic carbocycles. The van der Waals surface area contributed by atoms with Crippen LogP contribution in [0.25, 0.3) is 6.08 Å². The zero-order valence-electron chi connectivity index (χ0n) is 15.6. The molecule has 7 heteroatoms. The van der Waals surface area contributed by atoms with Crippen molar-refractivity contribution in [1.82, 2.24) is 5.32 Å². The number of benzene rings is 3. The lowest BCUT2D eigenvalue weighted by atomic mass is 10.2. The summed E-state index contributed by atoms with van der Waals surface area (Å²) in [4.78, 5) is 17.4. The quantitative estimate of drug-likeness (QED) is 0.449. The van der Waals surface area contributed by atoms with Gasteiger partial charge in [0.25, 0.3) is 5.91 Å². The molecule has 0 atom stereocenters. The number of nitrogens with one attached hydrogen (secondary N) is 1. The molecule has 0 radical (unpaired) electrons. The highest BCUT2D eigenvalue weighted by Gasteiger charge is 2.24. The maximum absolute atomic E-state index is 12.4. The van der Waals surface area contributed by atoms with Crippen LogP contribution in [0.4, 0.5) is 5.69 Å². The van der Waals surface area contributed by atoms with Gasteiger partial charge in [-0.05, 0) is 47.7 Å². The van der Waals surface area contributed by atoms with Crippen molar-refractivity contribution in [3.8, 4) is 5.75 Å². The molecule has 150 valence electrons. The molecule has 0 unspecified atom stereocenters. The summed E-state index contributed by atoms with van der Waals surface area (Å²) < 4.78 is 5.97. The lowest BCUT2D eigenvalue weighted by Crippen LogP contribution is -2.19. The summed E-state index contributed by atoms with van der Waals surface area (Å²) in [5.41, 5.74) is 2.38. The third-order valence-corrected chi connectivity index (χ3v) is 5.69. The minimum Gasteiger partial charge on any atom is -0.488 e.